The van der Waals surface area contributed by atoms with Crippen molar-refractivity contribution in [2.75, 3.05) is 13.2 Å². The highest BCUT2D eigenvalue weighted by molar-refractivity contribution is 7.89. The van der Waals surface area contributed by atoms with Crippen LogP contribution in [0.1, 0.15) is 18.1 Å². The van der Waals surface area contributed by atoms with Gasteiger partial charge in [0.15, 0.2) is 0 Å². The van der Waals surface area contributed by atoms with E-state index in [9.17, 15) is 8.42 Å². The average molecular weight is 326 g/mol. The van der Waals surface area contributed by atoms with Gasteiger partial charge in [0.2, 0.25) is 10.0 Å². The monoisotopic (exact) mass is 325 g/mol. The highest BCUT2D eigenvalue weighted by Crippen LogP contribution is 2.33. The van der Waals surface area contributed by atoms with Gasteiger partial charge in [-0.15, -0.1) is 0 Å². The number of sulfonamides is 1. The standard InChI is InChI=1S/C12H17Cl2NO3S/c1-7(6-16)5-15-19(17,18)12-9(3)10(13)4-8(2)11(12)14/h4,7,15-16H,5-6H2,1-3H3. The van der Waals surface area contributed by atoms with Crippen LogP contribution >= 0.6 is 23.2 Å². The molecule has 0 fully saturated rings. The van der Waals surface area contributed by atoms with E-state index in [1.54, 1.807) is 26.8 Å². The first-order chi connectivity index (χ1) is 8.70. The number of halogens is 2. The number of rotatable bonds is 5. The van der Waals surface area contributed by atoms with Gasteiger partial charge in [-0.25, -0.2) is 13.1 Å². The van der Waals surface area contributed by atoms with Crippen molar-refractivity contribution in [3.8, 4) is 0 Å². The maximum Gasteiger partial charge on any atom is 0.242 e. The van der Waals surface area contributed by atoms with Crippen molar-refractivity contribution in [1.82, 2.24) is 4.72 Å². The molecule has 0 aromatic heterocycles. The molecule has 0 bridgehead atoms. The van der Waals surface area contributed by atoms with Crippen LogP contribution < -0.4 is 4.72 Å². The first kappa shape index (κ1) is 16.7. The number of nitrogens with one attached hydrogen (secondary N) is 1. The molecule has 0 saturated heterocycles. The normalized spacial score (nSPS) is 13.6. The fourth-order valence-electron chi connectivity index (χ4n) is 1.52. The Morgan fingerprint density at radius 3 is 2.47 bits per heavy atom. The third-order valence-electron chi connectivity index (χ3n) is 2.79. The van der Waals surface area contributed by atoms with Crippen LogP contribution in [0.2, 0.25) is 10.0 Å². The first-order valence-corrected chi connectivity index (χ1v) is 8.00. The van der Waals surface area contributed by atoms with Crippen molar-refractivity contribution >= 4 is 33.2 Å². The second-order valence-electron chi connectivity index (χ2n) is 4.58. The van der Waals surface area contributed by atoms with Gasteiger partial charge >= 0.3 is 0 Å². The minimum absolute atomic E-state index is 0.00399. The predicted octanol–water partition coefficient (Wildman–Crippen LogP) is 2.52. The lowest BCUT2D eigenvalue weighted by atomic mass is 10.2. The van der Waals surface area contributed by atoms with Crippen molar-refractivity contribution in [3.05, 3.63) is 27.2 Å². The molecule has 0 aliphatic rings. The van der Waals surface area contributed by atoms with E-state index in [4.69, 9.17) is 28.3 Å². The SMILES string of the molecule is Cc1cc(Cl)c(C)c(S(=O)(=O)NCC(C)CO)c1Cl. The minimum atomic E-state index is -3.75. The first-order valence-electron chi connectivity index (χ1n) is 5.76. The number of hydrogen-bond acceptors (Lipinski definition) is 3. The molecule has 0 spiro atoms. The van der Waals surface area contributed by atoms with Gasteiger partial charge in [-0.2, -0.15) is 0 Å². The molecule has 0 saturated carbocycles. The van der Waals surface area contributed by atoms with E-state index >= 15 is 0 Å². The minimum Gasteiger partial charge on any atom is -0.396 e. The Balaban J connectivity index is 3.22. The topological polar surface area (TPSA) is 66.4 Å². The summed E-state index contributed by atoms with van der Waals surface area (Å²) in [5, 5.41) is 9.45. The summed E-state index contributed by atoms with van der Waals surface area (Å²) in [5.41, 5.74) is 1.02. The van der Waals surface area contributed by atoms with Crippen LogP contribution in [0, 0.1) is 19.8 Å². The van der Waals surface area contributed by atoms with Gasteiger partial charge in [-0.3, -0.25) is 0 Å². The molecule has 1 rings (SSSR count). The Kier molecular flexibility index (Phi) is 5.65. The van der Waals surface area contributed by atoms with Crippen LogP contribution in [0.4, 0.5) is 0 Å². The summed E-state index contributed by atoms with van der Waals surface area (Å²) >= 11 is 12.1. The van der Waals surface area contributed by atoms with E-state index < -0.39 is 10.0 Å². The zero-order chi connectivity index (χ0) is 14.8. The Morgan fingerprint density at radius 1 is 1.37 bits per heavy atom. The number of benzene rings is 1. The summed E-state index contributed by atoms with van der Waals surface area (Å²) < 4.78 is 27.0. The molecular weight excluding hydrogens is 309 g/mol. The van der Waals surface area contributed by atoms with Gasteiger partial charge < -0.3 is 5.11 Å². The molecule has 0 heterocycles. The van der Waals surface area contributed by atoms with Crippen molar-refractivity contribution in [2.45, 2.75) is 25.7 Å². The van der Waals surface area contributed by atoms with Gasteiger partial charge in [0.1, 0.15) is 4.90 Å². The van der Waals surface area contributed by atoms with Gasteiger partial charge in [0.05, 0.1) is 5.02 Å². The third-order valence-corrected chi connectivity index (χ3v) is 5.38. The van der Waals surface area contributed by atoms with Crippen molar-refractivity contribution < 1.29 is 13.5 Å². The fraction of sp³-hybridized carbons (Fsp3) is 0.500. The highest BCUT2D eigenvalue weighted by Gasteiger charge is 2.24. The second kappa shape index (κ2) is 6.41. The Bertz CT molecular complexity index is 547. The van der Waals surface area contributed by atoms with Crippen molar-refractivity contribution in [2.24, 2.45) is 5.92 Å². The molecule has 1 aromatic carbocycles. The highest BCUT2D eigenvalue weighted by atomic mass is 35.5. The molecule has 1 unspecified atom stereocenters. The molecule has 0 amide bonds. The molecule has 7 heteroatoms. The fourth-order valence-corrected chi connectivity index (χ4v) is 3.90. The van der Waals surface area contributed by atoms with Crippen LogP contribution in [0.15, 0.2) is 11.0 Å². The smallest absolute Gasteiger partial charge is 0.242 e. The lowest BCUT2D eigenvalue weighted by Crippen LogP contribution is -2.30. The van der Waals surface area contributed by atoms with E-state index in [0.29, 0.717) is 16.1 Å². The molecular formula is C12H17Cl2NO3S. The maximum atomic E-state index is 12.3. The third kappa shape index (κ3) is 3.83. The van der Waals surface area contributed by atoms with Crippen LogP contribution in [-0.4, -0.2) is 26.7 Å². The molecule has 1 atom stereocenters. The van der Waals surface area contributed by atoms with Gasteiger partial charge in [0, 0.05) is 18.2 Å². The summed E-state index contributed by atoms with van der Waals surface area (Å²) in [5.74, 6) is -0.172. The number of aryl methyl sites for hydroxylation is 1. The summed E-state index contributed by atoms with van der Waals surface area (Å²) in [6.07, 6.45) is 0. The summed E-state index contributed by atoms with van der Waals surface area (Å²) in [6.45, 7) is 5.09. The summed E-state index contributed by atoms with van der Waals surface area (Å²) in [7, 11) is -3.75. The van der Waals surface area contributed by atoms with Gasteiger partial charge in [0.25, 0.3) is 0 Å². The molecule has 108 valence electrons. The van der Waals surface area contributed by atoms with Crippen molar-refractivity contribution in [3.63, 3.8) is 0 Å². The molecule has 19 heavy (non-hydrogen) atoms. The average Bonchev–Trinajstić information content (AvgIpc) is 2.33. The largest absolute Gasteiger partial charge is 0.396 e. The second-order valence-corrected chi connectivity index (χ2v) is 7.07. The van der Waals surface area contributed by atoms with E-state index in [1.165, 1.54) is 0 Å². The zero-order valence-corrected chi connectivity index (χ0v) is 13.3. The zero-order valence-electron chi connectivity index (χ0n) is 11.0. The van der Waals surface area contributed by atoms with E-state index in [-0.39, 0.29) is 29.0 Å². The lowest BCUT2D eigenvalue weighted by molar-refractivity contribution is 0.238. The molecule has 2 N–H and O–H groups in total. The van der Waals surface area contributed by atoms with Crippen LogP contribution in [0.25, 0.3) is 0 Å². The summed E-state index contributed by atoms with van der Waals surface area (Å²) in [4.78, 5) is 0.00399. The quantitative estimate of drug-likeness (QED) is 0.874. The molecule has 1 aromatic rings. The maximum absolute atomic E-state index is 12.3. The van der Waals surface area contributed by atoms with Crippen LogP contribution in [0.5, 0.6) is 0 Å². The molecule has 0 aliphatic heterocycles. The predicted molar refractivity (Wildman–Crippen MR) is 77.4 cm³/mol. The molecule has 4 nitrogen and oxygen atoms in total. The number of hydrogen-bond donors (Lipinski definition) is 2. The Morgan fingerprint density at radius 2 is 1.95 bits per heavy atom. The van der Waals surface area contributed by atoms with Crippen molar-refractivity contribution in [1.29, 1.82) is 0 Å². The Labute approximate surface area is 123 Å². The van der Waals surface area contributed by atoms with Crippen LogP contribution in [0.3, 0.4) is 0 Å². The number of aliphatic hydroxyl groups is 1. The molecule has 0 aliphatic carbocycles. The lowest BCUT2D eigenvalue weighted by Gasteiger charge is -2.15. The van der Waals surface area contributed by atoms with E-state index in [1.807, 2.05) is 0 Å². The molecule has 0 radical (unpaired) electrons. The van der Waals surface area contributed by atoms with Crippen LogP contribution in [-0.2, 0) is 10.0 Å². The number of aliphatic hydroxyl groups excluding tert-OH is 1. The van der Waals surface area contributed by atoms with Gasteiger partial charge in [-0.05, 0) is 37.0 Å². The summed E-state index contributed by atoms with van der Waals surface area (Å²) in [6, 6.07) is 1.63. The van der Waals surface area contributed by atoms with E-state index in [2.05, 4.69) is 4.72 Å². The van der Waals surface area contributed by atoms with E-state index in [0.717, 1.165) is 0 Å². The van der Waals surface area contributed by atoms with Gasteiger partial charge in [-0.1, -0.05) is 30.1 Å². The Hall–Kier alpha value is -0.330.